The highest BCUT2D eigenvalue weighted by molar-refractivity contribution is 6.17. The van der Waals surface area contributed by atoms with Gasteiger partial charge in [-0.05, 0) is 35.4 Å². The van der Waals surface area contributed by atoms with E-state index in [0.717, 1.165) is 11.1 Å². The van der Waals surface area contributed by atoms with Crippen molar-refractivity contribution < 1.29 is 4.79 Å². The van der Waals surface area contributed by atoms with Crippen molar-refractivity contribution in [2.75, 3.05) is 7.05 Å². The monoisotopic (exact) mass is 298 g/mol. The molecule has 0 aliphatic heterocycles. The summed E-state index contributed by atoms with van der Waals surface area (Å²) >= 11 is 5.74. The van der Waals surface area contributed by atoms with Crippen LogP contribution >= 0.6 is 11.6 Å². The number of carbonyl (C=O) groups excluding carboxylic acids is 1. The SMILES string of the molecule is CN(Cc1ccc(C#N)cc1)C(=O)c1ccc(CCl)cc1. The second kappa shape index (κ2) is 6.92. The molecule has 0 aromatic heterocycles. The number of nitrogens with zero attached hydrogens (tertiary/aromatic N) is 2. The third-order valence-electron chi connectivity index (χ3n) is 3.20. The van der Waals surface area contributed by atoms with Gasteiger partial charge in [-0.2, -0.15) is 5.26 Å². The Labute approximate surface area is 129 Å². The van der Waals surface area contributed by atoms with Crippen molar-refractivity contribution in [2.45, 2.75) is 12.4 Å². The van der Waals surface area contributed by atoms with E-state index >= 15 is 0 Å². The molecule has 106 valence electrons. The first-order valence-corrected chi connectivity index (χ1v) is 7.07. The standard InChI is InChI=1S/C17H15ClN2O/c1-20(12-15-4-2-14(11-19)3-5-15)17(21)16-8-6-13(10-18)7-9-16/h2-9H,10,12H2,1H3. The minimum Gasteiger partial charge on any atom is -0.337 e. The summed E-state index contributed by atoms with van der Waals surface area (Å²) in [6.07, 6.45) is 0. The number of rotatable bonds is 4. The number of halogens is 1. The van der Waals surface area contributed by atoms with Crippen molar-refractivity contribution in [1.29, 1.82) is 5.26 Å². The number of hydrogen-bond acceptors (Lipinski definition) is 2. The van der Waals surface area contributed by atoms with Gasteiger partial charge in [0.05, 0.1) is 11.6 Å². The van der Waals surface area contributed by atoms with E-state index in [0.29, 0.717) is 23.6 Å². The summed E-state index contributed by atoms with van der Waals surface area (Å²) in [5, 5.41) is 8.77. The van der Waals surface area contributed by atoms with Crippen molar-refractivity contribution in [1.82, 2.24) is 4.90 Å². The van der Waals surface area contributed by atoms with Crippen LogP contribution in [0.4, 0.5) is 0 Å². The van der Waals surface area contributed by atoms with Gasteiger partial charge in [0, 0.05) is 25.0 Å². The number of alkyl halides is 1. The van der Waals surface area contributed by atoms with Crippen LogP contribution in [0.25, 0.3) is 0 Å². The van der Waals surface area contributed by atoms with E-state index in [1.54, 1.807) is 36.2 Å². The third kappa shape index (κ3) is 3.84. The fourth-order valence-corrected chi connectivity index (χ4v) is 2.17. The summed E-state index contributed by atoms with van der Waals surface area (Å²) in [6.45, 7) is 0.502. The molecule has 0 N–H and O–H groups in total. The van der Waals surface area contributed by atoms with Crippen molar-refractivity contribution in [3.05, 3.63) is 70.8 Å². The molecule has 0 spiro atoms. The van der Waals surface area contributed by atoms with E-state index in [9.17, 15) is 4.79 Å². The Bertz CT molecular complexity index is 657. The largest absolute Gasteiger partial charge is 0.337 e. The van der Waals surface area contributed by atoms with Crippen molar-refractivity contribution in [2.24, 2.45) is 0 Å². The summed E-state index contributed by atoms with van der Waals surface area (Å²) in [6, 6.07) is 16.6. The van der Waals surface area contributed by atoms with Crippen LogP contribution in [0.3, 0.4) is 0 Å². The van der Waals surface area contributed by atoms with E-state index in [-0.39, 0.29) is 5.91 Å². The van der Waals surface area contributed by atoms with Gasteiger partial charge >= 0.3 is 0 Å². The van der Waals surface area contributed by atoms with Crippen LogP contribution in [-0.2, 0) is 12.4 Å². The molecule has 2 rings (SSSR count). The molecule has 0 unspecified atom stereocenters. The molecule has 0 atom stereocenters. The first-order chi connectivity index (χ1) is 10.1. The first-order valence-electron chi connectivity index (χ1n) is 6.53. The van der Waals surface area contributed by atoms with Crippen molar-refractivity contribution in [3.8, 4) is 6.07 Å². The van der Waals surface area contributed by atoms with E-state index < -0.39 is 0 Å². The highest BCUT2D eigenvalue weighted by atomic mass is 35.5. The van der Waals surface area contributed by atoms with Crippen LogP contribution < -0.4 is 0 Å². The van der Waals surface area contributed by atoms with Crippen LogP contribution in [0.2, 0.25) is 0 Å². The van der Waals surface area contributed by atoms with Gasteiger partial charge in [-0.15, -0.1) is 11.6 Å². The minimum atomic E-state index is -0.0412. The predicted molar refractivity (Wildman–Crippen MR) is 83.0 cm³/mol. The van der Waals surface area contributed by atoms with Gasteiger partial charge in [-0.3, -0.25) is 4.79 Å². The first kappa shape index (κ1) is 15.1. The van der Waals surface area contributed by atoms with Crippen LogP contribution in [0.15, 0.2) is 48.5 Å². The van der Waals surface area contributed by atoms with Crippen LogP contribution in [0.1, 0.15) is 27.0 Å². The normalized spacial score (nSPS) is 9.95. The molecular weight excluding hydrogens is 284 g/mol. The Morgan fingerprint density at radius 1 is 1.10 bits per heavy atom. The quantitative estimate of drug-likeness (QED) is 0.810. The Hall–Kier alpha value is -2.31. The summed E-state index contributed by atoms with van der Waals surface area (Å²) in [5.74, 6) is 0.399. The van der Waals surface area contributed by atoms with Crippen molar-refractivity contribution >= 4 is 17.5 Å². The lowest BCUT2D eigenvalue weighted by atomic mass is 10.1. The second-order valence-corrected chi connectivity index (χ2v) is 5.07. The van der Waals surface area contributed by atoms with Gasteiger partial charge < -0.3 is 4.90 Å². The molecule has 0 heterocycles. The molecule has 2 aromatic carbocycles. The van der Waals surface area contributed by atoms with E-state index in [2.05, 4.69) is 6.07 Å². The molecule has 4 heteroatoms. The smallest absolute Gasteiger partial charge is 0.253 e. The number of carbonyl (C=O) groups is 1. The Kier molecular flexibility index (Phi) is 4.97. The van der Waals surface area contributed by atoms with Gasteiger partial charge in [-0.1, -0.05) is 24.3 Å². The van der Waals surface area contributed by atoms with Crippen LogP contribution in [-0.4, -0.2) is 17.9 Å². The molecule has 0 saturated carbocycles. The van der Waals surface area contributed by atoms with E-state index in [4.69, 9.17) is 16.9 Å². The molecule has 0 radical (unpaired) electrons. The molecule has 0 saturated heterocycles. The molecule has 0 aliphatic carbocycles. The topological polar surface area (TPSA) is 44.1 Å². The molecule has 21 heavy (non-hydrogen) atoms. The molecule has 0 fully saturated rings. The molecule has 0 bridgehead atoms. The third-order valence-corrected chi connectivity index (χ3v) is 3.51. The molecule has 1 amide bonds. The highest BCUT2D eigenvalue weighted by Crippen LogP contribution is 2.11. The number of benzene rings is 2. The van der Waals surface area contributed by atoms with E-state index in [1.165, 1.54) is 0 Å². The molecular formula is C17H15ClN2O. The van der Waals surface area contributed by atoms with Gasteiger partial charge in [0.25, 0.3) is 5.91 Å². The lowest BCUT2D eigenvalue weighted by Crippen LogP contribution is -2.26. The van der Waals surface area contributed by atoms with Gasteiger partial charge in [-0.25, -0.2) is 0 Å². The fourth-order valence-electron chi connectivity index (χ4n) is 1.99. The molecule has 2 aromatic rings. The average Bonchev–Trinajstić information content (AvgIpc) is 2.55. The lowest BCUT2D eigenvalue weighted by molar-refractivity contribution is 0.0785. The highest BCUT2D eigenvalue weighted by Gasteiger charge is 2.11. The average molecular weight is 299 g/mol. The summed E-state index contributed by atoms with van der Waals surface area (Å²) in [7, 11) is 1.76. The second-order valence-electron chi connectivity index (χ2n) is 4.80. The number of nitriles is 1. The van der Waals surface area contributed by atoms with Gasteiger partial charge in [0.2, 0.25) is 0 Å². The summed E-state index contributed by atoms with van der Waals surface area (Å²) in [5.41, 5.74) is 3.23. The summed E-state index contributed by atoms with van der Waals surface area (Å²) < 4.78 is 0. The Morgan fingerprint density at radius 2 is 1.67 bits per heavy atom. The maximum Gasteiger partial charge on any atom is 0.253 e. The predicted octanol–water partition coefficient (Wildman–Crippen LogP) is 3.57. The Morgan fingerprint density at radius 3 is 2.19 bits per heavy atom. The summed E-state index contributed by atoms with van der Waals surface area (Å²) in [4.78, 5) is 14.0. The van der Waals surface area contributed by atoms with E-state index in [1.807, 2.05) is 24.3 Å². The van der Waals surface area contributed by atoms with Gasteiger partial charge in [0.1, 0.15) is 0 Å². The molecule has 3 nitrogen and oxygen atoms in total. The zero-order valence-electron chi connectivity index (χ0n) is 11.7. The maximum atomic E-state index is 12.3. The van der Waals surface area contributed by atoms with Crippen LogP contribution in [0, 0.1) is 11.3 Å². The number of amides is 1. The lowest BCUT2D eigenvalue weighted by Gasteiger charge is -2.17. The zero-order chi connectivity index (χ0) is 15.2. The zero-order valence-corrected chi connectivity index (χ0v) is 12.5. The minimum absolute atomic E-state index is 0.0412. The molecule has 0 aliphatic rings. The Balaban J connectivity index is 2.05. The maximum absolute atomic E-state index is 12.3. The van der Waals surface area contributed by atoms with Crippen LogP contribution in [0.5, 0.6) is 0 Å². The van der Waals surface area contributed by atoms with Gasteiger partial charge in [0.15, 0.2) is 0 Å². The fraction of sp³-hybridized carbons (Fsp3) is 0.176. The van der Waals surface area contributed by atoms with Crippen molar-refractivity contribution in [3.63, 3.8) is 0 Å². The number of hydrogen-bond donors (Lipinski definition) is 0.